The minimum absolute atomic E-state index is 0.0713. The number of hydrogen-bond acceptors (Lipinski definition) is 2. The van der Waals surface area contributed by atoms with Gasteiger partial charge in [0.2, 0.25) is 0 Å². The van der Waals surface area contributed by atoms with Crippen molar-refractivity contribution < 1.29 is 9.59 Å². The quantitative estimate of drug-likeness (QED) is 0.491. The van der Waals surface area contributed by atoms with E-state index in [9.17, 15) is 9.59 Å². The first-order valence-electron chi connectivity index (χ1n) is 9.78. The molecule has 2 heteroatoms. The molecule has 0 amide bonds. The summed E-state index contributed by atoms with van der Waals surface area (Å²) >= 11 is 0. The lowest BCUT2D eigenvalue weighted by Crippen LogP contribution is -2.46. The maximum Gasteiger partial charge on any atom is 0.151 e. The van der Waals surface area contributed by atoms with Gasteiger partial charge in [0.05, 0.1) is 0 Å². The normalized spacial score (nSPS) is 18.7. The third kappa shape index (κ3) is 3.65. The van der Waals surface area contributed by atoms with Crippen LogP contribution in [0.15, 0.2) is 60.7 Å². The van der Waals surface area contributed by atoms with Gasteiger partial charge in [-0.2, -0.15) is 0 Å². The minimum atomic E-state index is -0.995. The molecule has 0 N–H and O–H groups in total. The van der Waals surface area contributed by atoms with Gasteiger partial charge in [-0.15, -0.1) is 0 Å². The van der Waals surface area contributed by atoms with Crippen LogP contribution in [0.4, 0.5) is 0 Å². The lowest BCUT2D eigenvalue weighted by atomic mass is 9.62. The monoisotopic (exact) mass is 348 g/mol. The van der Waals surface area contributed by atoms with E-state index in [0.717, 1.165) is 43.1 Å². The van der Waals surface area contributed by atoms with Crippen molar-refractivity contribution in [2.24, 2.45) is 5.92 Å². The minimum Gasteiger partial charge on any atom is -0.302 e. The summed E-state index contributed by atoms with van der Waals surface area (Å²) in [5.74, 6) is 0.295. The van der Waals surface area contributed by atoms with Gasteiger partial charge in [-0.3, -0.25) is 4.79 Å². The Kier molecular flexibility index (Phi) is 6.03. The summed E-state index contributed by atoms with van der Waals surface area (Å²) in [6.45, 7) is 2.08. The molecule has 2 aromatic rings. The van der Waals surface area contributed by atoms with Crippen molar-refractivity contribution in [1.29, 1.82) is 0 Å². The number of Topliss-reactive ketones (excluding diaryl/α,β-unsaturated/α-hetero) is 1. The summed E-state index contributed by atoms with van der Waals surface area (Å²) in [5.41, 5.74) is 1.02. The van der Waals surface area contributed by atoms with Crippen LogP contribution in [-0.2, 0) is 15.0 Å². The molecule has 26 heavy (non-hydrogen) atoms. The number of benzene rings is 2. The van der Waals surface area contributed by atoms with Gasteiger partial charge in [0.25, 0.3) is 0 Å². The Bertz CT molecular complexity index is 716. The van der Waals surface area contributed by atoms with Gasteiger partial charge >= 0.3 is 0 Å². The van der Waals surface area contributed by atoms with Gasteiger partial charge in [0.15, 0.2) is 5.78 Å². The average molecular weight is 348 g/mol. The maximum absolute atomic E-state index is 13.5. The lowest BCUT2D eigenvalue weighted by Gasteiger charge is -2.38. The Hall–Kier alpha value is -2.22. The fraction of sp³-hybridized carbons (Fsp3) is 0.417. The van der Waals surface area contributed by atoms with E-state index >= 15 is 0 Å². The number of aldehydes is 1. The van der Waals surface area contributed by atoms with Crippen LogP contribution in [0.5, 0.6) is 0 Å². The highest BCUT2D eigenvalue weighted by Crippen LogP contribution is 2.42. The van der Waals surface area contributed by atoms with Crippen LogP contribution < -0.4 is 0 Å². The van der Waals surface area contributed by atoms with Crippen LogP contribution in [0.2, 0.25) is 0 Å². The van der Waals surface area contributed by atoms with Crippen molar-refractivity contribution in [1.82, 2.24) is 0 Å². The van der Waals surface area contributed by atoms with Crippen molar-refractivity contribution in [3.05, 3.63) is 71.8 Å². The van der Waals surface area contributed by atoms with Crippen molar-refractivity contribution in [3.8, 4) is 0 Å². The Morgan fingerprint density at radius 3 is 2.15 bits per heavy atom. The molecule has 0 spiro atoms. The zero-order valence-electron chi connectivity index (χ0n) is 15.6. The largest absolute Gasteiger partial charge is 0.302 e. The third-order valence-corrected chi connectivity index (χ3v) is 6.01. The number of hydrogen-bond donors (Lipinski definition) is 0. The second-order valence-corrected chi connectivity index (χ2v) is 7.63. The van der Waals surface area contributed by atoms with Gasteiger partial charge in [0, 0.05) is 6.42 Å². The predicted octanol–water partition coefficient (Wildman–Crippen LogP) is 5.47. The summed E-state index contributed by atoms with van der Waals surface area (Å²) in [4.78, 5) is 26.0. The molecule has 3 rings (SSSR count). The Balaban J connectivity index is 1.94. The first-order valence-corrected chi connectivity index (χ1v) is 9.78. The standard InChI is InChI=1S/C24H28O2/c1-19(20-11-5-2-6-12-20)17-23(26)24(18-25,21-13-7-3-8-14-21)22-15-9-4-10-16-22/h2-3,5-8,11-14,18-19,22H,4,9-10,15-17H2,1H3. The van der Waals surface area contributed by atoms with E-state index in [0.29, 0.717) is 6.42 Å². The fourth-order valence-corrected chi connectivity index (χ4v) is 4.47. The molecule has 136 valence electrons. The molecule has 2 aromatic carbocycles. The Morgan fingerprint density at radius 1 is 1.00 bits per heavy atom. The topological polar surface area (TPSA) is 34.1 Å². The molecule has 1 saturated carbocycles. The molecule has 1 aliphatic rings. The summed E-state index contributed by atoms with van der Waals surface area (Å²) in [5, 5.41) is 0. The van der Waals surface area contributed by atoms with Gasteiger partial charge in [0.1, 0.15) is 11.7 Å². The highest BCUT2D eigenvalue weighted by Gasteiger charge is 2.46. The highest BCUT2D eigenvalue weighted by atomic mass is 16.1. The summed E-state index contributed by atoms with van der Waals surface area (Å²) in [6, 6.07) is 19.8. The van der Waals surface area contributed by atoms with E-state index in [2.05, 4.69) is 19.1 Å². The Labute approximate surface area is 156 Å². The fourth-order valence-electron chi connectivity index (χ4n) is 4.47. The van der Waals surface area contributed by atoms with E-state index in [4.69, 9.17) is 0 Å². The van der Waals surface area contributed by atoms with E-state index in [1.54, 1.807) is 0 Å². The van der Waals surface area contributed by atoms with Crippen LogP contribution in [0, 0.1) is 5.92 Å². The van der Waals surface area contributed by atoms with Gasteiger partial charge in [-0.05, 0) is 35.8 Å². The molecule has 2 unspecified atom stereocenters. The van der Waals surface area contributed by atoms with E-state index < -0.39 is 5.41 Å². The average Bonchev–Trinajstić information content (AvgIpc) is 2.71. The first kappa shape index (κ1) is 18.6. The van der Waals surface area contributed by atoms with Crippen molar-refractivity contribution in [2.75, 3.05) is 0 Å². The zero-order valence-corrected chi connectivity index (χ0v) is 15.6. The van der Waals surface area contributed by atoms with Crippen LogP contribution in [0.1, 0.15) is 62.5 Å². The molecule has 2 atom stereocenters. The van der Waals surface area contributed by atoms with Crippen molar-refractivity contribution in [3.63, 3.8) is 0 Å². The summed E-state index contributed by atoms with van der Waals surface area (Å²) in [6.07, 6.45) is 6.68. The molecular weight excluding hydrogens is 320 g/mol. The number of carbonyl (C=O) groups is 2. The van der Waals surface area contributed by atoms with Crippen molar-refractivity contribution in [2.45, 2.75) is 56.8 Å². The van der Waals surface area contributed by atoms with Gasteiger partial charge < -0.3 is 4.79 Å². The second-order valence-electron chi connectivity index (χ2n) is 7.63. The number of carbonyl (C=O) groups excluding carboxylic acids is 2. The molecule has 0 bridgehead atoms. The third-order valence-electron chi connectivity index (χ3n) is 6.01. The van der Waals surface area contributed by atoms with Gasteiger partial charge in [-0.1, -0.05) is 86.8 Å². The molecule has 0 saturated heterocycles. The van der Waals surface area contributed by atoms with Crippen LogP contribution >= 0.6 is 0 Å². The van der Waals surface area contributed by atoms with Crippen LogP contribution in [0.3, 0.4) is 0 Å². The smallest absolute Gasteiger partial charge is 0.151 e. The summed E-state index contributed by atoms with van der Waals surface area (Å²) < 4.78 is 0. The Morgan fingerprint density at radius 2 is 1.58 bits per heavy atom. The van der Waals surface area contributed by atoms with E-state index in [-0.39, 0.29) is 17.6 Å². The number of ketones is 1. The molecule has 0 radical (unpaired) electrons. The van der Waals surface area contributed by atoms with Crippen LogP contribution in [-0.4, -0.2) is 12.1 Å². The lowest BCUT2D eigenvalue weighted by molar-refractivity contribution is -0.133. The van der Waals surface area contributed by atoms with E-state index in [1.807, 2.05) is 48.5 Å². The molecule has 0 aromatic heterocycles. The number of rotatable bonds is 7. The molecule has 1 fully saturated rings. The first-order chi connectivity index (χ1) is 12.7. The second kappa shape index (κ2) is 8.44. The maximum atomic E-state index is 13.5. The highest BCUT2D eigenvalue weighted by molar-refractivity contribution is 6.05. The SMILES string of the molecule is CC(CC(=O)C(C=O)(c1ccccc1)C1CCCCC1)c1ccccc1. The predicted molar refractivity (Wildman–Crippen MR) is 105 cm³/mol. The molecule has 2 nitrogen and oxygen atoms in total. The van der Waals surface area contributed by atoms with Gasteiger partial charge in [-0.25, -0.2) is 0 Å². The molecule has 1 aliphatic carbocycles. The molecule has 0 aliphatic heterocycles. The van der Waals surface area contributed by atoms with Crippen LogP contribution in [0.25, 0.3) is 0 Å². The summed E-state index contributed by atoms with van der Waals surface area (Å²) in [7, 11) is 0. The van der Waals surface area contributed by atoms with E-state index in [1.165, 1.54) is 6.42 Å². The zero-order chi connectivity index (χ0) is 18.4. The molecular formula is C24H28O2. The van der Waals surface area contributed by atoms with Crippen molar-refractivity contribution >= 4 is 12.1 Å². The molecule has 0 heterocycles.